The summed E-state index contributed by atoms with van der Waals surface area (Å²) in [6.45, 7) is 2.18. The maximum atomic E-state index is 12.9. The average molecular weight is 395 g/mol. The van der Waals surface area contributed by atoms with Crippen molar-refractivity contribution in [1.29, 1.82) is 0 Å². The van der Waals surface area contributed by atoms with Gasteiger partial charge in [0.05, 0.1) is 4.90 Å². The summed E-state index contributed by atoms with van der Waals surface area (Å²) >= 11 is 0. The average Bonchev–Trinajstić information content (AvgIpc) is 3.12. The van der Waals surface area contributed by atoms with Crippen LogP contribution in [0, 0.1) is 0 Å². The first kappa shape index (κ1) is 18.5. The van der Waals surface area contributed by atoms with Crippen LogP contribution in [-0.2, 0) is 14.8 Å². The first-order valence-corrected chi connectivity index (χ1v) is 10.5. The second kappa shape index (κ2) is 7.26. The third kappa shape index (κ3) is 3.46. The molecular weight excluding hydrogens is 374 g/mol. The summed E-state index contributed by atoms with van der Waals surface area (Å²) in [6.07, 6.45) is 4.63. The fourth-order valence-corrected chi connectivity index (χ4v) is 4.89. The molecule has 0 aliphatic carbocycles. The number of aromatic nitrogens is 1. The number of rotatable bonds is 4. The number of aromatic amines is 1. The van der Waals surface area contributed by atoms with Gasteiger partial charge < -0.3 is 10.3 Å². The van der Waals surface area contributed by atoms with Crippen molar-refractivity contribution >= 4 is 38.1 Å². The van der Waals surface area contributed by atoms with E-state index in [1.165, 1.54) is 23.4 Å². The molecule has 1 amide bonds. The Kier molecular flexibility index (Phi) is 4.78. The van der Waals surface area contributed by atoms with Crippen LogP contribution in [0.1, 0.15) is 18.9 Å². The molecule has 0 unspecified atom stereocenters. The van der Waals surface area contributed by atoms with Gasteiger partial charge in [-0.05, 0) is 42.3 Å². The van der Waals surface area contributed by atoms with Crippen LogP contribution in [0.2, 0.25) is 0 Å². The summed E-state index contributed by atoms with van der Waals surface area (Å²) in [5.41, 5.74) is 3.94. The minimum Gasteiger partial charge on any atom is -0.361 e. The molecule has 0 spiro atoms. The number of carbonyl (C=O) groups excluding carboxylic acids is 1. The topological polar surface area (TPSA) is 82.3 Å². The fraction of sp³-hybridized carbons (Fsp3) is 0.190. The van der Waals surface area contributed by atoms with Crippen molar-refractivity contribution in [2.24, 2.45) is 0 Å². The third-order valence-corrected chi connectivity index (χ3v) is 6.80. The lowest BCUT2D eigenvalue weighted by atomic mass is 10.00. The van der Waals surface area contributed by atoms with Gasteiger partial charge in [-0.15, -0.1) is 0 Å². The molecule has 4 rings (SSSR count). The Morgan fingerprint density at radius 1 is 1.11 bits per heavy atom. The highest BCUT2D eigenvalue weighted by molar-refractivity contribution is 7.89. The minimum atomic E-state index is -3.57. The summed E-state index contributed by atoms with van der Waals surface area (Å²) in [4.78, 5) is 14.6. The van der Waals surface area contributed by atoms with Crippen molar-refractivity contribution in [1.82, 2.24) is 9.29 Å². The van der Waals surface area contributed by atoms with Gasteiger partial charge in [-0.25, -0.2) is 8.42 Å². The summed E-state index contributed by atoms with van der Waals surface area (Å²) in [6, 6.07) is 14.4. The van der Waals surface area contributed by atoms with Crippen molar-refractivity contribution in [3.8, 4) is 0 Å². The van der Waals surface area contributed by atoms with E-state index in [2.05, 4.69) is 16.4 Å². The van der Waals surface area contributed by atoms with E-state index in [1.54, 1.807) is 12.1 Å². The van der Waals surface area contributed by atoms with Crippen LogP contribution in [0.15, 0.2) is 65.7 Å². The zero-order valence-electron chi connectivity index (χ0n) is 15.5. The predicted octanol–water partition coefficient (Wildman–Crippen LogP) is 3.60. The maximum Gasteiger partial charge on any atom is 0.243 e. The number of nitrogens with one attached hydrogen (secondary N) is 2. The Labute approximate surface area is 163 Å². The number of benzene rings is 2. The van der Waals surface area contributed by atoms with E-state index in [4.69, 9.17) is 0 Å². The van der Waals surface area contributed by atoms with Gasteiger partial charge in [0.15, 0.2) is 0 Å². The molecule has 0 fully saturated rings. The molecule has 0 atom stereocenters. The normalized spacial score (nSPS) is 15.4. The van der Waals surface area contributed by atoms with Crippen LogP contribution in [0.25, 0.3) is 16.5 Å². The zero-order valence-corrected chi connectivity index (χ0v) is 16.3. The standard InChI is InChI=1S/C21H21N3O3S/c1-15(25)23-17-6-8-18(9-7-17)28(26,27)24-12-10-16(11-13-24)20-14-22-21-5-3-2-4-19(20)21/h2-10,14,22H,11-13H2,1H3,(H,23,25). The van der Waals surface area contributed by atoms with Gasteiger partial charge in [0.25, 0.3) is 0 Å². The van der Waals surface area contributed by atoms with Crippen LogP contribution in [-0.4, -0.2) is 36.7 Å². The van der Waals surface area contributed by atoms with Crippen LogP contribution in [0.4, 0.5) is 5.69 Å². The van der Waals surface area contributed by atoms with E-state index in [0.29, 0.717) is 25.2 Å². The van der Waals surface area contributed by atoms with E-state index in [-0.39, 0.29) is 10.8 Å². The lowest BCUT2D eigenvalue weighted by molar-refractivity contribution is -0.114. The number of hydrogen-bond donors (Lipinski definition) is 2. The molecule has 0 radical (unpaired) electrons. The number of H-pyrrole nitrogens is 1. The summed E-state index contributed by atoms with van der Waals surface area (Å²) < 4.78 is 27.3. The minimum absolute atomic E-state index is 0.193. The molecule has 2 aromatic carbocycles. The SMILES string of the molecule is CC(=O)Nc1ccc(S(=O)(=O)N2CC=C(c3c[nH]c4ccccc34)CC2)cc1. The van der Waals surface area contributed by atoms with Gasteiger partial charge in [0.2, 0.25) is 15.9 Å². The van der Waals surface area contributed by atoms with Gasteiger partial charge in [-0.2, -0.15) is 4.31 Å². The highest BCUT2D eigenvalue weighted by atomic mass is 32.2. The van der Waals surface area contributed by atoms with Gasteiger partial charge in [0.1, 0.15) is 0 Å². The summed E-state index contributed by atoms with van der Waals surface area (Å²) in [5.74, 6) is -0.193. The van der Waals surface area contributed by atoms with Gasteiger partial charge in [-0.1, -0.05) is 24.3 Å². The summed E-state index contributed by atoms with van der Waals surface area (Å²) in [5, 5.41) is 3.79. The van der Waals surface area contributed by atoms with E-state index >= 15 is 0 Å². The van der Waals surface area contributed by atoms with Gasteiger partial charge in [-0.3, -0.25) is 4.79 Å². The molecule has 0 saturated heterocycles. The first-order chi connectivity index (χ1) is 13.4. The number of fused-ring (bicyclic) bond motifs is 1. The highest BCUT2D eigenvalue weighted by Gasteiger charge is 2.26. The van der Waals surface area contributed by atoms with E-state index < -0.39 is 10.0 Å². The van der Waals surface area contributed by atoms with Crippen molar-refractivity contribution in [3.63, 3.8) is 0 Å². The quantitative estimate of drug-likeness (QED) is 0.708. The van der Waals surface area contributed by atoms with Crippen molar-refractivity contribution < 1.29 is 13.2 Å². The van der Waals surface area contributed by atoms with Gasteiger partial charge in [0, 0.05) is 48.4 Å². The second-order valence-corrected chi connectivity index (χ2v) is 8.73. The van der Waals surface area contributed by atoms with Crippen LogP contribution in [0.5, 0.6) is 0 Å². The molecule has 1 aromatic heterocycles. The fourth-order valence-electron chi connectivity index (χ4n) is 3.51. The number of carbonyl (C=O) groups is 1. The van der Waals surface area contributed by atoms with Crippen molar-refractivity contribution in [3.05, 3.63) is 66.4 Å². The lowest BCUT2D eigenvalue weighted by Crippen LogP contribution is -2.34. The molecule has 2 heterocycles. The van der Waals surface area contributed by atoms with E-state index in [0.717, 1.165) is 22.0 Å². The second-order valence-electron chi connectivity index (χ2n) is 6.80. The molecule has 1 aliphatic rings. The predicted molar refractivity (Wildman–Crippen MR) is 110 cm³/mol. The molecule has 3 aromatic rings. The number of sulfonamides is 1. The molecule has 7 heteroatoms. The number of anilines is 1. The Balaban J connectivity index is 1.54. The van der Waals surface area contributed by atoms with Crippen LogP contribution in [0.3, 0.4) is 0 Å². The van der Waals surface area contributed by atoms with Gasteiger partial charge >= 0.3 is 0 Å². The monoisotopic (exact) mass is 395 g/mol. The number of amides is 1. The molecule has 144 valence electrons. The molecule has 0 saturated carbocycles. The molecule has 1 aliphatic heterocycles. The molecule has 2 N–H and O–H groups in total. The number of hydrogen-bond acceptors (Lipinski definition) is 3. The number of nitrogens with zero attached hydrogens (tertiary/aromatic N) is 1. The third-order valence-electron chi connectivity index (χ3n) is 4.92. The maximum absolute atomic E-state index is 12.9. The van der Waals surface area contributed by atoms with Crippen LogP contribution < -0.4 is 5.32 Å². The molecule has 6 nitrogen and oxygen atoms in total. The molecule has 0 bridgehead atoms. The van der Waals surface area contributed by atoms with Crippen molar-refractivity contribution in [2.45, 2.75) is 18.2 Å². The van der Waals surface area contributed by atoms with Crippen LogP contribution >= 0.6 is 0 Å². The Bertz CT molecular complexity index is 1160. The smallest absolute Gasteiger partial charge is 0.243 e. The Hall–Kier alpha value is -2.90. The molecule has 28 heavy (non-hydrogen) atoms. The zero-order chi connectivity index (χ0) is 19.7. The van der Waals surface area contributed by atoms with E-state index in [9.17, 15) is 13.2 Å². The first-order valence-electron chi connectivity index (χ1n) is 9.08. The molecular formula is C21H21N3O3S. The Morgan fingerprint density at radius 3 is 2.54 bits per heavy atom. The largest absolute Gasteiger partial charge is 0.361 e. The van der Waals surface area contributed by atoms with E-state index in [1.807, 2.05) is 30.5 Å². The highest BCUT2D eigenvalue weighted by Crippen LogP contribution is 2.30. The lowest BCUT2D eigenvalue weighted by Gasteiger charge is -2.26. The summed E-state index contributed by atoms with van der Waals surface area (Å²) in [7, 11) is -3.57. The van der Waals surface area contributed by atoms with Crippen molar-refractivity contribution in [2.75, 3.05) is 18.4 Å². The Morgan fingerprint density at radius 2 is 1.86 bits per heavy atom. The number of para-hydroxylation sites is 1.